The van der Waals surface area contributed by atoms with Gasteiger partial charge in [0.15, 0.2) is 0 Å². The zero-order valence-electron chi connectivity index (χ0n) is 9.89. The molecule has 0 bridgehead atoms. The van der Waals surface area contributed by atoms with E-state index in [0.29, 0.717) is 13.2 Å². The van der Waals surface area contributed by atoms with Gasteiger partial charge in [-0.25, -0.2) is 0 Å². The van der Waals surface area contributed by atoms with Gasteiger partial charge >= 0.3 is 0 Å². The van der Waals surface area contributed by atoms with Gasteiger partial charge in [-0.1, -0.05) is 11.6 Å². The first kappa shape index (κ1) is 13.7. The summed E-state index contributed by atoms with van der Waals surface area (Å²) in [5.41, 5.74) is -0.121. The number of halogens is 1. The highest BCUT2D eigenvalue weighted by Crippen LogP contribution is 2.27. The van der Waals surface area contributed by atoms with Crippen LogP contribution >= 0.6 is 11.6 Å². The first-order chi connectivity index (χ1) is 9.08. The van der Waals surface area contributed by atoms with Crippen LogP contribution in [-0.2, 0) is 9.53 Å². The minimum absolute atomic E-state index is 0.117. The molecule has 1 atom stereocenters. The number of nitro benzene ring substituents is 1. The molecule has 0 aliphatic carbocycles. The van der Waals surface area contributed by atoms with Crippen LogP contribution in [0.3, 0.4) is 0 Å². The number of benzene rings is 1. The van der Waals surface area contributed by atoms with Crippen molar-refractivity contribution >= 4 is 28.9 Å². The Morgan fingerprint density at radius 2 is 2.37 bits per heavy atom. The molecule has 102 valence electrons. The maximum atomic E-state index is 11.9. The lowest BCUT2D eigenvalue weighted by Crippen LogP contribution is -2.48. The van der Waals surface area contributed by atoms with Gasteiger partial charge in [-0.2, -0.15) is 0 Å². The highest BCUT2D eigenvalue weighted by atomic mass is 35.5. The topological polar surface area (TPSA) is 93.5 Å². The van der Waals surface area contributed by atoms with Gasteiger partial charge in [-0.15, -0.1) is 0 Å². The molecule has 1 unspecified atom stereocenters. The van der Waals surface area contributed by atoms with Crippen molar-refractivity contribution in [3.8, 4) is 0 Å². The van der Waals surface area contributed by atoms with Crippen molar-refractivity contribution in [3.05, 3.63) is 33.3 Å². The van der Waals surface area contributed by atoms with Crippen LogP contribution in [0, 0.1) is 10.1 Å². The summed E-state index contributed by atoms with van der Waals surface area (Å²) in [6.07, 6.45) is 0. The molecule has 1 aliphatic heterocycles. The number of hydrogen-bond donors (Lipinski definition) is 2. The summed E-state index contributed by atoms with van der Waals surface area (Å²) in [4.78, 5) is 22.2. The Bertz CT molecular complexity index is 503. The minimum atomic E-state index is -0.591. The van der Waals surface area contributed by atoms with Crippen LogP contribution in [0.5, 0.6) is 0 Å². The number of nitrogens with one attached hydrogen (secondary N) is 2. The lowest BCUT2D eigenvalue weighted by atomic mass is 10.2. The number of carbonyl (C=O) groups is 1. The van der Waals surface area contributed by atoms with Gasteiger partial charge in [0.2, 0.25) is 5.91 Å². The minimum Gasteiger partial charge on any atom is -0.378 e. The molecule has 0 spiro atoms. The Labute approximate surface area is 114 Å². The molecule has 7 nitrogen and oxygen atoms in total. The lowest BCUT2D eigenvalue weighted by Gasteiger charge is -2.22. The van der Waals surface area contributed by atoms with Crippen LogP contribution in [0.25, 0.3) is 0 Å². The van der Waals surface area contributed by atoms with Gasteiger partial charge in [-0.3, -0.25) is 14.9 Å². The largest absolute Gasteiger partial charge is 0.378 e. The van der Waals surface area contributed by atoms with Crippen molar-refractivity contribution in [2.45, 2.75) is 6.04 Å². The normalized spacial score (nSPS) is 18.9. The molecule has 19 heavy (non-hydrogen) atoms. The summed E-state index contributed by atoms with van der Waals surface area (Å²) in [5, 5.41) is 16.6. The molecule has 2 rings (SSSR count). The van der Waals surface area contributed by atoms with Gasteiger partial charge in [0, 0.05) is 17.6 Å². The van der Waals surface area contributed by atoms with E-state index in [1.807, 2.05) is 0 Å². The van der Waals surface area contributed by atoms with Gasteiger partial charge in [-0.05, 0) is 12.1 Å². The van der Waals surface area contributed by atoms with Crippen LogP contribution in [0.15, 0.2) is 18.2 Å². The number of anilines is 1. The van der Waals surface area contributed by atoms with Gasteiger partial charge < -0.3 is 15.4 Å². The summed E-state index contributed by atoms with van der Waals surface area (Å²) in [5.74, 6) is -0.370. The van der Waals surface area contributed by atoms with Crippen molar-refractivity contribution in [2.24, 2.45) is 0 Å². The Morgan fingerprint density at radius 1 is 1.58 bits per heavy atom. The monoisotopic (exact) mass is 285 g/mol. The van der Waals surface area contributed by atoms with Gasteiger partial charge in [0.05, 0.1) is 18.1 Å². The number of morpholine rings is 1. The first-order valence-corrected chi connectivity index (χ1v) is 6.01. The van der Waals surface area contributed by atoms with E-state index >= 15 is 0 Å². The number of carbonyl (C=O) groups excluding carboxylic acids is 1. The van der Waals surface area contributed by atoms with Crippen LogP contribution in [0.2, 0.25) is 5.02 Å². The molecule has 0 aromatic heterocycles. The second-order valence-electron chi connectivity index (χ2n) is 3.99. The molecule has 1 aliphatic rings. The maximum Gasteiger partial charge on any atom is 0.294 e. The molecule has 1 amide bonds. The van der Waals surface area contributed by atoms with Crippen LogP contribution in [-0.4, -0.2) is 36.6 Å². The quantitative estimate of drug-likeness (QED) is 0.642. The Hall–Kier alpha value is -1.70. The molecule has 1 saturated heterocycles. The highest BCUT2D eigenvalue weighted by molar-refractivity contribution is 6.31. The molecule has 1 aromatic carbocycles. The smallest absolute Gasteiger partial charge is 0.294 e. The van der Waals surface area contributed by atoms with Crippen LogP contribution in [0.4, 0.5) is 11.4 Å². The van der Waals surface area contributed by atoms with Gasteiger partial charge in [0.25, 0.3) is 5.69 Å². The third-order valence-corrected chi connectivity index (χ3v) is 2.89. The fraction of sp³-hybridized carbons (Fsp3) is 0.364. The van der Waals surface area contributed by atoms with E-state index < -0.39 is 11.0 Å². The molecule has 0 radical (unpaired) electrons. The third kappa shape index (κ3) is 3.40. The molecule has 1 fully saturated rings. The average molecular weight is 286 g/mol. The standard InChI is InChI=1S/C11H12ClN3O4/c12-7-1-2-8(10(5-7)15(17)18)14-11(16)9-6-19-4-3-13-9/h1-2,5,9,13H,3-4,6H2,(H,14,16). The predicted molar refractivity (Wildman–Crippen MR) is 69.3 cm³/mol. The van der Waals surface area contributed by atoms with Crippen LogP contribution < -0.4 is 10.6 Å². The van der Waals surface area contributed by atoms with E-state index in [1.54, 1.807) is 0 Å². The summed E-state index contributed by atoms with van der Waals surface area (Å²) in [6.45, 7) is 1.36. The first-order valence-electron chi connectivity index (χ1n) is 5.64. The summed E-state index contributed by atoms with van der Waals surface area (Å²) in [7, 11) is 0. The second kappa shape index (κ2) is 5.96. The molecule has 0 saturated carbocycles. The molecular weight excluding hydrogens is 274 g/mol. The van der Waals surface area contributed by atoms with E-state index in [2.05, 4.69) is 10.6 Å². The van der Waals surface area contributed by atoms with E-state index in [0.717, 1.165) is 0 Å². The molecule has 1 aromatic rings. The number of rotatable bonds is 3. The molecule has 2 N–H and O–H groups in total. The van der Waals surface area contributed by atoms with Gasteiger partial charge in [0.1, 0.15) is 11.7 Å². The fourth-order valence-electron chi connectivity index (χ4n) is 1.72. The number of nitro groups is 1. The predicted octanol–water partition coefficient (Wildman–Crippen LogP) is 1.18. The molecule has 1 heterocycles. The Balaban J connectivity index is 2.13. The number of amides is 1. The summed E-state index contributed by atoms with van der Waals surface area (Å²) < 4.78 is 5.16. The molecular formula is C11H12ClN3O4. The van der Waals surface area contributed by atoms with E-state index in [-0.39, 0.29) is 28.9 Å². The highest BCUT2D eigenvalue weighted by Gasteiger charge is 2.24. The van der Waals surface area contributed by atoms with E-state index in [1.165, 1.54) is 18.2 Å². The number of ether oxygens (including phenoxy) is 1. The van der Waals surface area contributed by atoms with Crippen molar-refractivity contribution < 1.29 is 14.5 Å². The van der Waals surface area contributed by atoms with Crippen molar-refractivity contribution in [1.82, 2.24) is 5.32 Å². The van der Waals surface area contributed by atoms with Crippen LogP contribution in [0.1, 0.15) is 0 Å². The average Bonchev–Trinajstić information content (AvgIpc) is 2.41. The van der Waals surface area contributed by atoms with E-state index in [9.17, 15) is 14.9 Å². The van der Waals surface area contributed by atoms with Crippen molar-refractivity contribution in [1.29, 1.82) is 0 Å². The van der Waals surface area contributed by atoms with E-state index in [4.69, 9.17) is 16.3 Å². The third-order valence-electron chi connectivity index (χ3n) is 2.65. The zero-order chi connectivity index (χ0) is 13.8. The Kier molecular flexibility index (Phi) is 4.31. The molecule has 8 heteroatoms. The maximum absolute atomic E-state index is 11.9. The lowest BCUT2D eigenvalue weighted by molar-refractivity contribution is -0.383. The second-order valence-corrected chi connectivity index (χ2v) is 4.43. The Morgan fingerprint density at radius 3 is 3.00 bits per heavy atom. The number of nitrogens with zero attached hydrogens (tertiary/aromatic N) is 1. The van der Waals surface area contributed by atoms with Crippen molar-refractivity contribution in [2.75, 3.05) is 25.1 Å². The summed E-state index contributed by atoms with van der Waals surface area (Å²) in [6, 6.07) is 3.57. The SMILES string of the molecule is O=C(Nc1ccc(Cl)cc1[N+](=O)[O-])C1COCCN1. The zero-order valence-corrected chi connectivity index (χ0v) is 10.6. The number of hydrogen-bond acceptors (Lipinski definition) is 5. The van der Waals surface area contributed by atoms with Crippen molar-refractivity contribution in [3.63, 3.8) is 0 Å². The summed E-state index contributed by atoms with van der Waals surface area (Å²) >= 11 is 5.70. The fourth-order valence-corrected chi connectivity index (χ4v) is 1.88.